The average Bonchev–Trinajstić information content (AvgIpc) is 3.18. The zero-order valence-electron chi connectivity index (χ0n) is 18.1. The number of hydrazine groups is 1. The minimum absolute atomic E-state index is 0.0453. The molecule has 1 aliphatic rings. The second-order valence-corrected chi connectivity index (χ2v) is 8.05. The van der Waals surface area contributed by atoms with E-state index in [9.17, 15) is 19.5 Å². The second kappa shape index (κ2) is 9.80. The zero-order chi connectivity index (χ0) is 24.2. The van der Waals surface area contributed by atoms with Crippen molar-refractivity contribution in [2.45, 2.75) is 26.2 Å². The average molecular weight is 481 g/mol. The van der Waals surface area contributed by atoms with Gasteiger partial charge in [0.1, 0.15) is 11.5 Å². The van der Waals surface area contributed by atoms with Gasteiger partial charge in [0.25, 0.3) is 11.8 Å². The van der Waals surface area contributed by atoms with Crippen molar-refractivity contribution in [2.24, 2.45) is 5.10 Å². The van der Waals surface area contributed by atoms with E-state index in [0.29, 0.717) is 41.0 Å². The van der Waals surface area contributed by atoms with E-state index in [0.717, 1.165) is 6.42 Å². The lowest BCUT2D eigenvalue weighted by molar-refractivity contribution is 0.0829. The highest BCUT2D eigenvalue weighted by Crippen LogP contribution is 2.30. The molecule has 0 bridgehead atoms. The zero-order valence-corrected chi connectivity index (χ0v) is 18.9. The van der Waals surface area contributed by atoms with Crippen LogP contribution in [0.25, 0.3) is 0 Å². The van der Waals surface area contributed by atoms with Gasteiger partial charge in [0.2, 0.25) is 0 Å². The highest BCUT2D eigenvalue weighted by molar-refractivity contribution is 6.33. The van der Waals surface area contributed by atoms with E-state index in [1.807, 2.05) is 0 Å². The van der Waals surface area contributed by atoms with Gasteiger partial charge >= 0.3 is 5.91 Å². The number of rotatable bonds is 4. The first-order chi connectivity index (χ1) is 16.3. The summed E-state index contributed by atoms with van der Waals surface area (Å²) in [6, 6.07) is 12.3. The van der Waals surface area contributed by atoms with Crippen molar-refractivity contribution in [1.82, 2.24) is 16.3 Å². The van der Waals surface area contributed by atoms with E-state index in [1.54, 1.807) is 25.1 Å². The van der Waals surface area contributed by atoms with E-state index in [4.69, 9.17) is 16.0 Å². The highest BCUT2D eigenvalue weighted by atomic mass is 35.5. The van der Waals surface area contributed by atoms with Gasteiger partial charge in [0.15, 0.2) is 5.76 Å². The predicted molar refractivity (Wildman–Crippen MR) is 125 cm³/mol. The fourth-order valence-corrected chi connectivity index (χ4v) is 3.90. The molecule has 1 aliphatic carbocycles. The van der Waals surface area contributed by atoms with E-state index in [1.165, 1.54) is 30.3 Å². The van der Waals surface area contributed by atoms with E-state index in [-0.39, 0.29) is 22.1 Å². The van der Waals surface area contributed by atoms with Crippen molar-refractivity contribution in [3.63, 3.8) is 0 Å². The van der Waals surface area contributed by atoms with Gasteiger partial charge in [-0.1, -0.05) is 23.7 Å². The number of hydrazone groups is 1. The fourth-order valence-electron chi connectivity index (χ4n) is 3.68. The van der Waals surface area contributed by atoms with E-state index >= 15 is 0 Å². The summed E-state index contributed by atoms with van der Waals surface area (Å²) in [6.07, 6.45) is 1.94. The van der Waals surface area contributed by atoms with Crippen molar-refractivity contribution in [3.8, 4) is 5.75 Å². The molecule has 0 atom stereocenters. The fraction of sp³-hybridized carbons (Fsp3) is 0.167. The number of hydrogen-bond acceptors (Lipinski definition) is 6. The number of nitrogens with zero attached hydrogens (tertiary/aromatic N) is 1. The molecular formula is C24H21ClN4O5. The predicted octanol–water partition coefficient (Wildman–Crippen LogP) is 3.49. The third-order valence-electron chi connectivity index (χ3n) is 5.36. The lowest BCUT2D eigenvalue weighted by atomic mass is 9.93. The molecule has 2 aromatic carbocycles. The molecule has 4 N–H and O–H groups in total. The summed E-state index contributed by atoms with van der Waals surface area (Å²) in [5.74, 6) is -0.927. The van der Waals surface area contributed by atoms with Crippen LogP contribution in [-0.4, -0.2) is 28.5 Å². The molecule has 10 heteroatoms. The van der Waals surface area contributed by atoms with Crippen molar-refractivity contribution in [2.75, 3.05) is 0 Å². The maximum atomic E-state index is 12.7. The first-order valence-electron chi connectivity index (χ1n) is 10.5. The van der Waals surface area contributed by atoms with Crippen LogP contribution in [0.5, 0.6) is 5.75 Å². The number of carbonyl (C=O) groups is 3. The molecule has 9 nitrogen and oxygen atoms in total. The van der Waals surface area contributed by atoms with Crippen LogP contribution in [0.3, 0.4) is 0 Å². The lowest BCUT2D eigenvalue weighted by Gasteiger charge is -2.13. The summed E-state index contributed by atoms with van der Waals surface area (Å²) < 4.78 is 5.78. The quantitative estimate of drug-likeness (QED) is 0.424. The van der Waals surface area contributed by atoms with Crippen molar-refractivity contribution < 1.29 is 23.9 Å². The second-order valence-electron chi connectivity index (χ2n) is 7.64. The summed E-state index contributed by atoms with van der Waals surface area (Å²) in [5.41, 5.74) is 9.57. The van der Waals surface area contributed by atoms with Crippen molar-refractivity contribution >= 4 is 35.0 Å². The summed E-state index contributed by atoms with van der Waals surface area (Å²) in [5, 5.41) is 13.9. The standard InChI is InChI=1S/C24H21ClN4O5/c1-13-20-18(26-27-22(31)14-9-11-15(30)12-10-14)7-4-8-19(20)34-21(13)24(33)29-28-23(32)16-5-2-3-6-17(16)25/h2-3,5-6,9-12,30H,4,7-8H2,1H3,(H,27,31)(H,28,32)(H,29,33)/b26-18+. The van der Waals surface area contributed by atoms with Crippen LogP contribution in [0.1, 0.15) is 61.0 Å². The Morgan fingerprint density at radius 2 is 1.68 bits per heavy atom. The molecule has 1 heterocycles. The highest BCUT2D eigenvalue weighted by Gasteiger charge is 2.28. The monoisotopic (exact) mass is 480 g/mol. The van der Waals surface area contributed by atoms with Crippen LogP contribution in [0.4, 0.5) is 0 Å². The number of aromatic hydroxyl groups is 1. The molecular weight excluding hydrogens is 460 g/mol. The molecule has 0 saturated carbocycles. The normalized spacial score (nSPS) is 13.8. The Kier molecular flexibility index (Phi) is 6.65. The van der Waals surface area contributed by atoms with Gasteiger partial charge in [0, 0.05) is 23.1 Å². The third-order valence-corrected chi connectivity index (χ3v) is 5.69. The first-order valence-corrected chi connectivity index (χ1v) is 10.9. The Hall–Kier alpha value is -4.11. The van der Waals surface area contributed by atoms with Gasteiger partial charge in [-0.2, -0.15) is 5.10 Å². The largest absolute Gasteiger partial charge is 0.508 e. The number of aryl methyl sites for hydroxylation is 1. The molecule has 0 fully saturated rings. The Morgan fingerprint density at radius 1 is 0.971 bits per heavy atom. The van der Waals surface area contributed by atoms with Gasteiger partial charge in [-0.3, -0.25) is 25.2 Å². The number of furan rings is 1. The minimum Gasteiger partial charge on any atom is -0.508 e. The van der Waals surface area contributed by atoms with Gasteiger partial charge in [0.05, 0.1) is 16.3 Å². The van der Waals surface area contributed by atoms with Crippen LogP contribution in [0, 0.1) is 6.92 Å². The first kappa shape index (κ1) is 23.1. The number of phenols is 1. The topological polar surface area (TPSA) is 133 Å². The summed E-state index contributed by atoms with van der Waals surface area (Å²) in [4.78, 5) is 37.4. The number of benzene rings is 2. The Labute approximate surface area is 199 Å². The molecule has 3 aromatic rings. The lowest BCUT2D eigenvalue weighted by Crippen LogP contribution is -2.41. The van der Waals surface area contributed by atoms with Gasteiger partial charge in [-0.25, -0.2) is 5.43 Å². The van der Waals surface area contributed by atoms with Crippen molar-refractivity contribution in [3.05, 3.63) is 87.3 Å². The maximum absolute atomic E-state index is 12.7. The van der Waals surface area contributed by atoms with Crippen LogP contribution in [0.15, 0.2) is 58.0 Å². The van der Waals surface area contributed by atoms with Crippen LogP contribution >= 0.6 is 11.6 Å². The molecule has 0 spiro atoms. The van der Waals surface area contributed by atoms with Crippen LogP contribution in [0.2, 0.25) is 5.02 Å². The number of nitrogens with one attached hydrogen (secondary N) is 3. The maximum Gasteiger partial charge on any atom is 0.305 e. The molecule has 174 valence electrons. The molecule has 0 radical (unpaired) electrons. The number of hydrogen-bond donors (Lipinski definition) is 4. The number of phenolic OH excluding ortho intramolecular Hbond substituents is 1. The number of fused-ring (bicyclic) bond motifs is 1. The molecule has 0 unspecified atom stereocenters. The molecule has 4 rings (SSSR count). The molecule has 34 heavy (non-hydrogen) atoms. The molecule has 0 aliphatic heterocycles. The molecule has 1 aromatic heterocycles. The summed E-state index contributed by atoms with van der Waals surface area (Å²) >= 11 is 6.01. The van der Waals surface area contributed by atoms with Gasteiger partial charge in [-0.05, 0) is 56.2 Å². The third kappa shape index (κ3) is 4.79. The Morgan fingerprint density at radius 3 is 2.41 bits per heavy atom. The van der Waals surface area contributed by atoms with Gasteiger partial charge in [-0.15, -0.1) is 0 Å². The SMILES string of the molecule is Cc1c(C(=O)NNC(=O)c2ccccc2Cl)oc2c1/C(=N/NC(=O)c1ccc(O)cc1)CCC2. The van der Waals surface area contributed by atoms with E-state index in [2.05, 4.69) is 21.4 Å². The number of amides is 3. The Balaban J connectivity index is 1.48. The van der Waals surface area contributed by atoms with Crippen molar-refractivity contribution in [1.29, 1.82) is 0 Å². The molecule has 3 amide bonds. The minimum atomic E-state index is -0.625. The van der Waals surface area contributed by atoms with Gasteiger partial charge < -0.3 is 9.52 Å². The summed E-state index contributed by atoms with van der Waals surface area (Å²) in [7, 11) is 0. The van der Waals surface area contributed by atoms with Crippen LogP contribution in [-0.2, 0) is 6.42 Å². The number of carbonyl (C=O) groups excluding carboxylic acids is 3. The Bertz CT molecular complexity index is 1300. The van der Waals surface area contributed by atoms with Crippen LogP contribution < -0.4 is 16.3 Å². The summed E-state index contributed by atoms with van der Waals surface area (Å²) in [6.45, 7) is 1.72. The van der Waals surface area contributed by atoms with E-state index < -0.39 is 17.7 Å². The number of halogens is 1. The smallest absolute Gasteiger partial charge is 0.305 e. The molecule has 0 saturated heterocycles.